The van der Waals surface area contributed by atoms with Crippen molar-refractivity contribution in [3.63, 3.8) is 0 Å². The van der Waals surface area contributed by atoms with Crippen LogP contribution in [0.1, 0.15) is 39.5 Å². The van der Waals surface area contributed by atoms with Gasteiger partial charge in [-0.2, -0.15) is 4.98 Å². The van der Waals surface area contributed by atoms with Gasteiger partial charge in [0.05, 0.1) is 19.0 Å². The third kappa shape index (κ3) is 4.07. The summed E-state index contributed by atoms with van der Waals surface area (Å²) in [6, 6.07) is 0.515. The average Bonchev–Trinajstić information content (AvgIpc) is 2.49. The summed E-state index contributed by atoms with van der Waals surface area (Å²) in [4.78, 5) is 11.2. The average molecular weight is 278 g/mol. The number of hydrogen-bond acceptors (Lipinski definition) is 5. The summed E-state index contributed by atoms with van der Waals surface area (Å²) < 4.78 is 5.46. The van der Waals surface area contributed by atoms with E-state index in [2.05, 4.69) is 27.1 Å². The topological polar surface area (TPSA) is 50.3 Å². The molecule has 1 N–H and O–H groups in total. The second kappa shape index (κ2) is 8.04. The standard InChI is InChI=1S/C15H26N4O/c1-3-8-16-10-13-7-5-6-9-19(13)14-11-17-12-15(18-14)20-4-2/h11-13,16H,3-10H2,1-2H3. The maximum atomic E-state index is 5.46. The van der Waals surface area contributed by atoms with Crippen molar-refractivity contribution >= 4 is 5.82 Å². The van der Waals surface area contributed by atoms with E-state index in [1.54, 1.807) is 6.20 Å². The minimum atomic E-state index is 0.515. The fourth-order valence-corrected chi connectivity index (χ4v) is 2.65. The maximum Gasteiger partial charge on any atom is 0.234 e. The second-order valence-corrected chi connectivity index (χ2v) is 5.20. The van der Waals surface area contributed by atoms with Crippen molar-refractivity contribution in [1.29, 1.82) is 0 Å². The Hall–Kier alpha value is -1.36. The van der Waals surface area contributed by atoms with Crippen LogP contribution in [-0.4, -0.2) is 42.3 Å². The Morgan fingerprint density at radius 1 is 1.35 bits per heavy atom. The molecule has 0 radical (unpaired) electrons. The van der Waals surface area contributed by atoms with Crippen LogP contribution in [0.3, 0.4) is 0 Å². The lowest BCUT2D eigenvalue weighted by molar-refractivity contribution is 0.324. The molecule has 5 nitrogen and oxygen atoms in total. The van der Waals surface area contributed by atoms with Gasteiger partial charge in [-0.3, -0.25) is 4.98 Å². The van der Waals surface area contributed by atoms with Crippen molar-refractivity contribution in [2.75, 3.05) is 31.1 Å². The van der Waals surface area contributed by atoms with Crippen LogP contribution in [0, 0.1) is 0 Å². The first-order chi connectivity index (χ1) is 9.85. The SMILES string of the molecule is CCCNCC1CCCCN1c1cncc(OCC)n1. The van der Waals surface area contributed by atoms with Crippen LogP contribution in [0.25, 0.3) is 0 Å². The smallest absolute Gasteiger partial charge is 0.234 e. The monoisotopic (exact) mass is 278 g/mol. The van der Waals surface area contributed by atoms with Gasteiger partial charge in [0.15, 0.2) is 5.82 Å². The molecule has 112 valence electrons. The zero-order valence-electron chi connectivity index (χ0n) is 12.6. The highest BCUT2D eigenvalue weighted by atomic mass is 16.5. The van der Waals surface area contributed by atoms with Crippen LogP contribution in [-0.2, 0) is 0 Å². The predicted molar refractivity (Wildman–Crippen MR) is 81.3 cm³/mol. The van der Waals surface area contributed by atoms with Gasteiger partial charge >= 0.3 is 0 Å². The molecule has 1 aromatic heterocycles. The van der Waals surface area contributed by atoms with Gasteiger partial charge in [-0.1, -0.05) is 6.92 Å². The number of anilines is 1. The lowest BCUT2D eigenvalue weighted by Crippen LogP contribution is -2.46. The molecule has 1 aliphatic heterocycles. The highest BCUT2D eigenvalue weighted by molar-refractivity contribution is 5.39. The maximum absolute atomic E-state index is 5.46. The van der Waals surface area contributed by atoms with Gasteiger partial charge < -0.3 is 15.0 Å². The number of rotatable bonds is 7. The summed E-state index contributed by atoms with van der Waals surface area (Å²) in [5.74, 6) is 1.56. The molecule has 1 unspecified atom stereocenters. The molecule has 1 aromatic rings. The summed E-state index contributed by atoms with van der Waals surface area (Å²) in [6.45, 7) is 7.95. The van der Waals surface area contributed by atoms with Crippen LogP contribution in [0.5, 0.6) is 5.88 Å². The molecule has 20 heavy (non-hydrogen) atoms. The molecule has 2 heterocycles. The molecule has 0 saturated carbocycles. The summed E-state index contributed by atoms with van der Waals surface area (Å²) in [5, 5.41) is 3.52. The van der Waals surface area contributed by atoms with Crippen LogP contribution in [0.15, 0.2) is 12.4 Å². The predicted octanol–water partition coefficient (Wildman–Crippen LogP) is 2.23. The van der Waals surface area contributed by atoms with Gasteiger partial charge in [0.2, 0.25) is 5.88 Å². The molecule has 0 aliphatic carbocycles. The van der Waals surface area contributed by atoms with Gasteiger partial charge in [0.25, 0.3) is 0 Å². The summed E-state index contributed by atoms with van der Waals surface area (Å²) in [5.41, 5.74) is 0. The highest BCUT2D eigenvalue weighted by Gasteiger charge is 2.23. The highest BCUT2D eigenvalue weighted by Crippen LogP contribution is 2.23. The van der Waals surface area contributed by atoms with Crippen LogP contribution < -0.4 is 15.0 Å². The minimum Gasteiger partial charge on any atom is -0.477 e. The third-order valence-corrected chi connectivity index (χ3v) is 3.62. The molecular weight excluding hydrogens is 252 g/mol. The Labute approximate surface area is 121 Å². The number of ether oxygens (including phenoxy) is 1. The zero-order valence-corrected chi connectivity index (χ0v) is 12.6. The normalized spacial score (nSPS) is 19.1. The van der Waals surface area contributed by atoms with Crippen LogP contribution >= 0.6 is 0 Å². The van der Waals surface area contributed by atoms with E-state index in [4.69, 9.17) is 4.74 Å². The summed E-state index contributed by atoms with van der Waals surface area (Å²) >= 11 is 0. The second-order valence-electron chi connectivity index (χ2n) is 5.20. The quantitative estimate of drug-likeness (QED) is 0.775. The molecule has 1 fully saturated rings. The van der Waals surface area contributed by atoms with Crippen molar-refractivity contribution in [2.45, 2.75) is 45.6 Å². The fraction of sp³-hybridized carbons (Fsp3) is 0.733. The van der Waals surface area contributed by atoms with Crippen molar-refractivity contribution in [2.24, 2.45) is 0 Å². The molecule has 1 atom stereocenters. The fourth-order valence-electron chi connectivity index (χ4n) is 2.65. The number of piperidine rings is 1. The van der Waals surface area contributed by atoms with Crippen molar-refractivity contribution < 1.29 is 4.74 Å². The van der Waals surface area contributed by atoms with Gasteiger partial charge in [-0.15, -0.1) is 0 Å². The Morgan fingerprint density at radius 3 is 3.05 bits per heavy atom. The Balaban J connectivity index is 2.04. The van der Waals surface area contributed by atoms with E-state index in [-0.39, 0.29) is 0 Å². The number of nitrogens with zero attached hydrogens (tertiary/aromatic N) is 3. The Morgan fingerprint density at radius 2 is 2.25 bits per heavy atom. The molecule has 5 heteroatoms. The van der Waals surface area contributed by atoms with Crippen LogP contribution in [0.2, 0.25) is 0 Å². The van der Waals surface area contributed by atoms with E-state index in [1.165, 1.54) is 25.7 Å². The van der Waals surface area contributed by atoms with E-state index in [1.807, 2.05) is 13.1 Å². The molecule has 1 aliphatic rings. The number of aromatic nitrogens is 2. The van der Waals surface area contributed by atoms with E-state index in [9.17, 15) is 0 Å². The first-order valence-corrected chi connectivity index (χ1v) is 7.77. The van der Waals surface area contributed by atoms with E-state index >= 15 is 0 Å². The lowest BCUT2D eigenvalue weighted by Gasteiger charge is -2.36. The minimum absolute atomic E-state index is 0.515. The van der Waals surface area contributed by atoms with Gasteiger partial charge in [-0.05, 0) is 39.2 Å². The van der Waals surface area contributed by atoms with E-state index < -0.39 is 0 Å². The first-order valence-electron chi connectivity index (χ1n) is 7.77. The van der Waals surface area contributed by atoms with E-state index in [0.717, 1.165) is 25.5 Å². The summed E-state index contributed by atoms with van der Waals surface area (Å²) in [6.07, 6.45) is 8.45. The van der Waals surface area contributed by atoms with Crippen molar-refractivity contribution in [1.82, 2.24) is 15.3 Å². The number of hydrogen-bond donors (Lipinski definition) is 1. The molecule has 0 bridgehead atoms. The Kier molecular flexibility index (Phi) is 6.05. The molecule has 0 spiro atoms. The van der Waals surface area contributed by atoms with Gasteiger partial charge in [0, 0.05) is 19.1 Å². The van der Waals surface area contributed by atoms with Gasteiger partial charge in [-0.25, -0.2) is 0 Å². The Bertz CT molecular complexity index is 399. The molecule has 2 rings (SSSR count). The molecule has 1 saturated heterocycles. The van der Waals surface area contributed by atoms with Crippen molar-refractivity contribution in [3.05, 3.63) is 12.4 Å². The molecular formula is C15H26N4O. The van der Waals surface area contributed by atoms with Gasteiger partial charge in [0.1, 0.15) is 0 Å². The summed E-state index contributed by atoms with van der Waals surface area (Å²) in [7, 11) is 0. The van der Waals surface area contributed by atoms with Crippen LogP contribution in [0.4, 0.5) is 5.82 Å². The first kappa shape index (κ1) is 15.0. The zero-order chi connectivity index (χ0) is 14.2. The third-order valence-electron chi connectivity index (χ3n) is 3.62. The lowest BCUT2D eigenvalue weighted by atomic mass is 10.0. The van der Waals surface area contributed by atoms with E-state index in [0.29, 0.717) is 18.5 Å². The largest absolute Gasteiger partial charge is 0.477 e. The molecule has 0 aromatic carbocycles. The number of nitrogens with one attached hydrogen (secondary N) is 1. The molecule has 0 amide bonds. The van der Waals surface area contributed by atoms with Crippen molar-refractivity contribution in [3.8, 4) is 5.88 Å².